The van der Waals surface area contributed by atoms with Crippen LogP contribution in [0.1, 0.15) is 22.8 Å². The summed E-state index contributed by atoms with van der Waals surface area (Å²) in [5.41, 5.74) is 2.29. The smallest absolute Gasteiger partial charge is 0.255 e. The first-order valence-corrected chi connectivity index (χ1v) is 6.95. The highest BCUT2D eigenvalue weighted by molar-refractivity contribution is 6.17. The molecule has 0 saturated heterocycles. The van der Waals surface area contributed by atoms with Crippen LogP contribution < -0.4 is 10.1 Å². The van der Waals surface area contributed by atoms with E-state index in [4.69, 9.17) is 16.3 Å². The second kappa shape index (κ2) is 6.96. The van der Waals surface area contributed by atoms with Gasteiger partial charge in [0.05, 0.1) is 6.61 Å². The lowest BCUT2D eigenvalue weighted by Crippen LogP contribution is -2.11. The van der Waals surface area contributed by atoms with Gasteiger partial charge in [0.25, 0.3) is 5.91 Å². The molecule has 0 unspecified atom stereocenters. The molecule has 1 N–H and O–H groups in total. The third-order valence-corrected chi connectivity index (χ3v) is 3.08. The summed E-state index contributed by atoms with van der Waals surface area (Å²) in [5.74, 6) is 1.03. The Morgan fingerprint density at radius 2 is 1.95 bits per heavy atom. The maximum Gasteiger partial charge on any atom is 0.255 e. The number of benzene rings is 2. The molecule has 2 rings (SSSR count). The summed E-state index contributed by atoms with van der Waals surface area (Å²) in [6, 6.07) is 14.5. The number of ether oxygens (including phenoxy) is 1. The van der Waals surface area contributed by atoms with Crippen LogP contribution in [-0.2, 0) is 5.88 Å². The number of alkyl halides is 1. The molecule has 104 valence electrons. The lowest BCUT2D eigenvalue weighted by atomic mass is 10.2. The Labute approximate surface area is 123 Å². The van der Waals surface area contributed by atoms with Gasteiger partial charge in [0, 0.05) is 17.1 Å². The lowest BCUT2D eigenvalue weighted by molar-refractivity contribution is 0.102. The van der Waals surface area contributed by atoms with Crippen LogP contribution >= 0.6 is 11.6 Å². The number of hydrogen-bond donors (Lipinski definition) is 1. The maximum absolute atomic E-state index is 12.1. The zero-order chi connectivity index (χ0) is 14.4. The molecule has 0 aromatic heterocycles. The predicted molar refractivity (Wildman–Crippen MR) is 81.6 cm³/mol. The van der Waals surface area contributed by atoms with Crippen molar-refractivity contribution in [2.24, 2.45) is 0 Å². The monoisotopic (exact) mass is 289 g/mol. The van der Waals surface area contributed by atoms with Crippen LogP contribution in [0.2, 0.25) is 0 Å². The number of hydrogen-bond acceptors (Lipinski definition) is 2. The van der Waals surface area contributed by atoms with Crippen molar-refractivity contribution < 1.29 is 9.53 Å². The lowest BCUT2D eigenvalue weighted by Gasteiger charge is -2.07. The van der Waals surface area contributed by atoms with Gasteiger partial charge in [-0.1, -0.05) is 12.1 Å². The minimum atomic E-state index is -0.153. The van der Waals surface area contributed by atoms with Crippen LogP contribution in [-0.4, -0.2) is 12.5 Å². The van der Waals surface area contributed by atoms with Gasteiger partial charge in [-0.25, -0.2) is 0 Å². The van der Waals surface area contributed by atoms with Crippen LogP contribution in [0.15, 0.2) is 48.5 Å². The zero-order valence-corrected chi connectivity index (χ0v) is 12.0. The fraction of sp³-hybridized carbons (Fsp3) is 0.188. The van der Waals surface area contributed by atoms with E-state index in [1.807, 2.05) is 31.2 Å². The number of anilines is 1. The van der Waals surface area contributed by atoms with Gasteiger partial charge in [-0.3, -0.25) is 4.79 Å². The fourth-order valence-electron chi connectivity index (χ4n) is 1.80. The average Bonchev–Trinajstić information content (AvgIpc) is 2.48. The van der Waals surface area contributed by atoms with E-state index in [9.17, 15) is 4.79 Å². The number of rotatable bonds is 5. The average molecular weight is 290 g/mol. The van der Waals surface area contributed by atoms with E-state index >= 15 is 0 Å². The maximum atomic E-state index is 12.1. The molecule has 0 spiro atoms. The topological polar surface area (TPSA) is 38.3 Å². The summed E-state index contributed by atoms with van der Waals surface area (Å²) in [6.07, 6.45) is 0. The molecule has 2 aromatic carbocycles. The first kappa shape index (κ1) is 14.4. The highest BCUT2D eigenvalue weighted by atomic mass is 35.5. The van der Waals surface area contributed by atoms with Crippen molar-refractivity contribution in [3.05, 3.63) is 59.7 Å². The Morgan fingerprint density at radius 1 is 1.20 bits per heavy atom. The molecule has 0 atom stereocenters. The van der Waals surface area contributed by atoms with Crippen molar-refractivity contribution in [1.82, 2.24) is 0 Å². The number of nitrogens with one attached hydrogen (secondary N) is 1. The molecular weight excluding hydrogens is 274 g/mol. The van der Waals surface area contributed by atoms with E-state index in [0.29, 0.717) is 18.1 Å². The van der Waals surface area contributed by atoms with Crippen molar-refractivity contribution in [3.8, 4) is 5.75 Å². The van der Waals surface area contributed by atoms with Gasteiger partial charge in [0.2, 0.25) is 0 Å². The zero-order valence-electron chi connectivity index (χ0n) is 11.2. The standard InChI is InChI=1S/C16H16ClNO2/c1-2-20-15-8-6-13(7-9-15)16(19)18-14-5-3-4-12(10-14)11-17/h3-10H,2,11H2,1H3,(H,18,19). The van der Waals surface area contributed by atoms with Gasteiger partial charge < -0.3 is 10.1 Å². The van der Waals surface area contributed by atoms with Gasteiger partial charge >= 0.3 is 0 Å². The molecule has 4 heteroatoms. The van der Waals surface area contributed by atoms with Crippen molar-refractivity contribution in [2.75, 3.05) is 11.9 Å². The number of carbonyl (C=O) groups is 1. The van der Waals surface area contributed by atoms with Crippen molar-refractivity contribution >= 4 is 23.2 Å². The van der Waals surface area contributed by atoms with Crippen molar-refractivity contribution in [2.45, 2.75) is 12.8 Å². The summed E-state index contributed by atoms with van der Waals surface area (Å²) in [5, 5.41) is 2.85. The molecule has 0 heterocycles. The molecule has 2 aromatic rings. The van der Waals surface area contributed by atoms with Gasteiger partial charge in [-0.2, -0.15) is 0 Å². The third-order valence-electron chi connectivity index (χ3n) is 2.77. The van der Waals surface area contributed by atoms with Crippen LogP contribution in [0.5, 0.6) is 5.75 Å². The summed E-state index contributed by atoms with van der Waals surface area (Å²) >= 11 is 5.77. The van der Waals surface area contributed by atoms with E-state index in [1.165, 1.54) is 0 Å². The molecule has 0 aliphatic carbocycles. The second-order valence-corrected chi connectivity index (χ2v) is 4.51. The van der Waals surface area contributed by atoms with Gasteiger partial charge in [-0.15, -0.1) is 11.6 Å². The molecule has 20 heavy (non-hydrogen) atoms. The fourth-order valence-corrected chi connectivity index (χ4v) is 1.97. The van der Waals surface area contributed by atoms with E-state index in [1.54, 1.807) is 24.3 Å². The summed E-state index contributed by atoms with van der Waals surface area (Å²) in [7, 11) is 0. The quantitative estimate of drug-likeness (QED) is 0.843. The minimum Gasteiger partial charge on any atom is -0.494 e. The van der Waals surface area contributed by atoms with E-state index in [0.717, 1.165) is 17.0 Å². The molecule has 0 aliphatic heterocycles. The van der Waals surface area contributed by atoms with E-state index in [2.05, 4.69) is 5.32 Å². The van der Waals surface area contributed by atoms with Crippen molar-refractivity contribution in [3.63, 3.8) is 0 Å². The molecule has 0 saturated carbocycles. The molecule has 1 amide bonds. The molecule has 0 radical (unpaired) electrons. The number of carbonyl (C=O) groups excluding carboxylic acids is 1. The van der Waals surface area contributed by atoms with Gasteiger partial charge in [0.15, 0.2) is 0 Å². The Kier molecular flexibility index (Phi) is 5.02. The third kappa shape index (κ3) is 3.75. The minimum absolute atomic E-state index is 0.153. The Bertz CT molecular complexity index is 581. The SMILES string of the molecule is CCOc1ccc(C(=O)Nc2cccc(CCl)c2)cc1. The summed E-state index contributed by atoms with van der Waals surface area (Å²) < 4.78 is 5.34. The highest BCUT2D eigenvalue weighted by Crippen LogP contribution is 2.16. The summed E-state index contributed by atoms with van der Waals surface area (Å²) in [6.45, 7) is 2.53. The van der Waals surface area contributed by atoms with Crippen LogP contribution in [0.25, 0.3) is 0 Å². The molecular formula is C16H16ClNO2. The first-order valence-electron chi connectivity index (χ1n) is 6.42. The predicted octanol–water partition coefficient (Wildman–Crippen LogP) is 4.08. The Balaban J connectivity index is 2.07. The van der Waals surface area contributed by atoms with Crippen LogP contribution in [0.3, 0.4) is 0 Å². The van der Waals surface area contributed by atoms with Crippen molar-refractivity contribution in [1.29, 1.82) is 0 Å². The number of halogens is 1. The normalized spacial score (nSPS) is 10.1. The molecule has 0 fully saturated rings. The van der Waals surface area contributed by atoms with E-state index in [-0.39, 0.29) is 5.91 Å². The summed E-state index contributed by atoms with van der Waals surface area (Å²) in [4.78, 5) is 12.1. The highest BCUT2D eigenvalue weighted by Gasteiger charge is 2.06. The van der Waals surface area contributed by atoms with E-state index < -0.39 is 0 Å². The largest absolute Gasteiger partial charge is 0.494 e. The van der Waals surface area contributed by atoms with Crippen LogP contribution in [0, 0.1) is 0 Å². The molecule has 3 nitrogen and oxygen atoms in total. The van der Waals surface area contributed by atoms with Crippen LogP contribution in [0.4, 0.5) is 5.69 Å². The second-order valence-electron chi connectivity index (χ2n) is 4.25. The molecule has 0 aliphatic rings. The Morgan fingerprint density at radius 3 is 2.60 bits per heavy atom. The van der Waals surface area contributed by atoms with Gasteiger partial charge in [0.1, 0.15) is 5.75 Å². The first-order chi connectivity index (χ1) is 9.72. The Hall–Kier alpha value is -2.00. The van der Waals surface area contributed by atoms with Gasteiger partial charge in [-0.05, 0) is 48.9 Å². The molecule has 0 bridgehead atoms. The number of amides is 1.